The average molecular weight is 264 g/mol. The van der Waals surface area contributed by atoms with Gasteiger partial charge < -0.3 is 9.80 Å². The largest absolute Gasteiger partial charge is 0.335 e. The molecule has 2 aliphatic rings. The predicted octanol–water partition coefficient (Wildman–Crippen LogP) is 2.01. The van der Waals surface area contributed by atoms with Gasteiger partial charge in [0.05, 0.1) is 4.88 Å². The number of fused-ring (bicyclic) bond motifs is 1. The summed E-state index contributed by atoms with van der Waals surface area (Å²) in [5.41, 5.74) is 2.79. The third-order valence-electron chi connectivity index (χ3n) is 4.09. The zero-order valence-corrected chi connectivity index (χ0v) is 11.8. The fourth-order valence-corrected chi connectivity index (χ4v) is 3.98. The Morgan fingerprint density at radius 3 is 2.67 bits per heavy atom. The lowest BCUT2D eigenvalue weighted by Crippen LogP contribution is -2.47. The van der Waals surface area contributed by atoms with Crippen LogP contribution in [0.5, 0.6) is 0 Å². The normalized spacial score (nSPS) is 20.8. The van der Waals surface area contributed by atoms with Crippen LogP contribution in [0.25, 0.3) is 0 Å². The SMILES string of the molecule is CN1CCN(C(=O)c2scc3c2CCCC3)CC1. The number of nitrogens with zero attached hydrogens (tertiary/aromatic N) is 2. The van der Waals surface area contributed by atoms with Gasteiger partial charge in [0.15, 0.2) is 0 Å². The molecule has 0 saturated carbocycles. The molecule has 98 valence electrons. The minimum atomic E-state index is 0.274. The molecule has 3 nitrogen and oxygen atoms in total. The van der Waals surface area contributed by atoms with E-state index in [1.54, 1.807) is 11.3 Å². The first-order valence-electron chi connectivity index (χ1n) is 6.83. The molecular weight excluding hydrogens is 244 g/mol. The van der Waals surface area contributed by atoms with Gasteiger partial charge in [-0.25, -0.2) is 0 Å². The highest BCUT2D eigenvalue weighted by atomic mass is 32.1. The van der Waals surface area contributed by atoms with Crippen molar-refractivity contribution in [2.75, 3.05) is 33.2 Å². The Morgan fingerprint density at radius 1 is 1.17 bits per heavy atom. The standard InChI is InChI=1S/C14H20N2OS/c1-15-6-8-16(9-7-15)14(17)13-12-5-3-2-4-11(12)10-18-13/h10H,2-9H2,1H3. The van der Waals surface area contributed by atoms with Crippen molar-refractivity contribution >= 4 is 17.2 Å². The molecule has 1 fully saturated rings. The molecule has 1 saturated heterocycles. The molecule has 0 spiro atoms. The minimum Gasteiger partial charge on any atom is -0.335 e. The zero-order chi connectivity index (χ0) is 12.5. The van der Waals surface area contributed by atoms with Crippen molar-refractivity contribution in [2.24, 2.45) is 0 Å². The molecular formula is C14H20N2OS. The van der Waals surface area contributed by atoms with Gasteiger partial charge >= 0.3 is 0 Å². The predicted molar refractivity (Wildman–Crippen MR) is 74.4 cm³/mol. The molecule has 3 rings (SSSR count). The van der Waals surface area contributed by atoms with Crippen LogP contribution >= 0.6 is 11.3 Å². The summed E-state index contributed by atoms with van der Waals surface area (Å²) in [5.74, 6) is 0.274. The topological polar surface area (TPSA) is 23.6 Å². The summed E-state index contributed by atoms with van der Waals surface area (Å²) in [6.45, 7) is 3.75. The summed E-state index contributed by atoms with van der Waals surface area (Å²) in [4.78, 5) is 17.9. The van der Waals surface area contributed by atoms with Crippen molar-refractivity contribution in [2.45, 2.75) is 25.7 Å². The van der Waals surface area contributed by atoms with Crippen molar-refractivity contribution in [3.05, 3.63) is 21.4 Å². The second kappa shape index (κ2) is 5.02. The molecule has 1 amide bonds. The van der Waals surface area contributed by atoms with Gasteiger partial charge in [-0.3, -0.25) is 4.79 Å². The third-order valence-corrected chi connectivity index (χ3v) is 5.15. The first kappa shape index (κ1) is 12.2. The third kappa shape index (κ3) is 2.19. The second-order valence-corrected chi connectivity index (χ2v) is 6.25. The van der Waals surface area contributed by atoms with Gasteiger partial charge in [0, 0.05) is 26.2 Å². The van der Waals surface area contributed by atoms with Crippen molar-refractivity contribution in [3.63, 3.8) is 0 Å². The lowest BCUT2D eigenvalue weighted by atomic mass is 9.93. The van der Waals surface area contributed by atoms with Crippen LogP contribution in [0.1, 0.15) is 33.6 Å². The van der Waals surface area contributed by atoms with Gasteiger partial charge in [0.25, 0.3) is 5.91 Å². The molecule has 0 unspecified atom stereocenters. The van der Waals surface area contributed by atoms with Crippen molar-refractivity contribution in [1.82, 2.24) is 9.80 Å². The van der Waals surface area contributed by atoms with Crippen LogP contribution in [0.15, 0.2) is 5.38 Å². The van der Waals surface area contributed by atoms with E-state index < -0.39 is 0 Å². The highest BCUT2D eigenvalue weighted by Gasteiger charge is 2.25. The van der Waals surface area contributed by atoms with E-state index in [0.29, 0.717) is 0 Å². The number of carbonyl (C=O) groups is 1. The Balaban J connectivity index is 1.78. The molecule has 1 aromatic rings. The molecule has 0 radical (unpaired) electrons. The van der Waals surface area contributed by atoms with Crippen molar-refractivity contribution in [1.29, 1.82) is 0 Å². The Hall–Kier alpha value is -0.870. The lowest BCUT2D eigenvalue weighted by molar-refractivity contribution is 0.0668. The van der Waals surface area contributed by atoms with E-state index in [-0.39, 0.29) is 5.91 Å². The van der Waals surface area contributed by atoms with Gasteiger partial charge in [-0.2, -0.15) is 0 Å². The summed E-state index contributed by atoms with van der Waals surface area (Å²) in [7, 11) is 2.12. The molecule has 0 bridgehead atoms. The first-order chi connectivity index (χ1) is 8.75. The summed E-state index contributed by atoms with van der Waals surface area (Å²) in [6, 6.07) is 0. The van der Waals surface area contributed by atoms with Crippen molar-refractivity contribution < 1.29 is 4.79 Å². The van der Waals surface area contributed by atoms with Crippen LogP contribution in [0, 0.1) is 0 Å². The summed E-state index contributed by atoms with van der Waals surface area (Å²) in [5, 5.41) is 2.21. The maximum absolute atomic E-state index is 12.6. The van der Waals surface area contributed by atoms with Gasteiger partial charge in [0.2, 0.25) is 0 Å². The number of amides is 1. The van der Waals surface area contributed by atoms with Crippen LogP contribution in [-0.2, 0) is 12.8 Å². The molecule has 0 N–H and O–H groups in total. The zero-order valence-electron chi connectivity index (χ0n) is 10.9. The minimum absolute atomic E-state index is 0.274. The Labute approximate surface area is 112 Å². The number of aryl methyl sites for hydroxylation is 1. The Bertz CT molecular complexity index is 447. The Morgan fingerprint density at radius 2 is 1.89 bits per heavy atom. The van der Waals surface area contributed by atoms with E-state index in [1.165, 1.54) is 30.4 Å². The highest BCUT2D eigenvalue weighted by molar-refractivity contribution is 7.12. The average Bonchev–Trinajstić information content (AvgIpc) is 2.82. The van der Waals surface area contributed by atoms with Crippen LogP contribution < -0.4 is 0 Å². The summed E-state index contributed by atoms with van der Waals surface area (Å²) in [6.07, 6.45) is 4.80. The van der Waals surface area contributed by atoms with E-state index in [2.05, 4.69) is 17.3 Å². The van der Waals surface area contributed by atoms with Gasteiger partial charge in [-0.05, 0) is 49.2 Å². The van der Waals surface area contributed by atoms with E-state index in [0.717, 1.165) is 37.5 Å². The van der Waals surface area contributed by atoms with Crippen molar-refractivity contribution in [3.8, 4) is 0 Å². The molecule has 4 heteroatoms. The van der Waals surface area contributed by atoms with E-state index in [9.17, 15) is 4.79 Å². The number of carbonyl (C=O) groups excluding carboxylic acids is 1. The summed E-state index contributed by atoms with van der Waals surface area (Å²) >= 11 is 1.66. The fourth-order valence-electron chi connectivity index (χ4n) is 2.85. The molecule has 1 aliphatic heterocycles. The van der Waals surface area contributed by atoms with Crippen LogP contribution in [-0.4, -0.2) is 48.9 Å². The van der Waals surface area contributed by atoms with Crippen LogP contribution in [0.3, 0.4) is 0 Å². The molecule has 2 heterocycles. The second-order valence-electron chi connectivity index (χ2n) is 5.37. The maximum Gasteiger partial charge on any atom is 0.264 e. The number of hydrogen-bond acceptors (Lipinski definition) is 3. The van der Waals surface area contributed by atoms with Gasteiger partial charge in [-0.1, -0.05) is 0 Å². The van der Waals surface area contributed by atoms with E-state index in [1.807, 2.05) is 4.90 Å². The number of thiophene rings is 1. The smallest absolute Gasteiger partial charge is 0.264 e. The van der Waals surface area contributed by atoms with Crippen LogP contribution in [0.4, 0.5) is 0 Å². The van der Waals surface area contributed by atoms with E-state index >= 15 is 0 Å². The monoisotopic (exact) mass is 264 g/mol. The van der Waals surface area contributed by atoms with Crippen LogP contribution in [0.2, 0.25) is 0 Å². The van der Waals surface area contributed by atoms with Gasteiger partial charge in [0.1, 0.15) is 0 Å². The highest BCUT2D eigenvalue weighted by Crippen LogP contribution is 2.30. The van der Waals surface area contributed by atoms with Gasteiger partial charge in [-0.15, -0.1) is 11.3 Å². The number of hydrogen-bond donors (Lipinski definition) is 0. The number of likely N-dealkylation sites (N-methyl/N-ethyl adjacent to an activating group) is 1. The first-order valence-corrected chi connectivity index (χ1v) is 7.71. The quantitative estimate of drug-likeness (QED) is 0.775. The molecule has 0 aromatic carbocycles. The van der Waals surface area contributed by atoms with E-state index in [4.69, 9.17) is 0 Å². The molecule has 18 heavy (non-hydrogen) atoms. The maximum atomic E-state index is 12.6. The fraction of sp³-hybridized carbons (Fsp3) is 0.643. The number of rotatable bonds is 1. The lowest BCUT2D eigenvalue weighted by Gasteiger charge is -2.32. The number of piperazine rings is 1. The Kier molecular flexibility index (Phi) is 3.39. The molecule has 1 aliphatic carbocycles. The molecule has 0 atom stereocenters. The summed E-state index contributed by atoms with van der Waals surface area (Å²) < 4.78 is 0. The molecule has 1 aromatic heterocycles.